The fourth-order valence-electron chi connectivity index (χ4n) is 2.36. The number of benzene rings is 1. The van der Waals surface area contributed by atoms with E-state index in [2.05, 4.69) is 29.9 Å². The maximum absolute atomic E-state index is 6.23. The van der Waals surface area contributed by atoms with E-state index in [0.717, 1.165) is 46.5 Å². The minimum atomic E-state index is 0.546. The Kier molecular flexibility index (Phi) is 4.61. The molecule has 0 spiro atoms. The zero-order valence-corrected chi connectivity index (χ0v) is 13.1. The van der Waals surface area contributed by atoms with Gasteiger partial charge in [0.2, 0.25) is 0 Å². The van der Waals surface area contributed by atoms with Crippen LogP contribution in [0.25, 0.3) is 11.3 Å². The Bertz CT molecular complexity index is 626. The second-order valence-corrected chi connectivity index (χ2v) is 5.24. The first-order valence-electron chi connectivity index (χ1n) is 6.73. The molecule has 3 nitrogen and oxygen atoms in total. The molecule has 2 aromatic rings. The van der Waals surface area contributed by atoms with Gasteiger partial charge in [-0.05, 0) is 43.5 Å². The Morgan fingerprint density at radius 3 is 2.55 bits per heavy atom. The second-order valence-electron chi connectivity index (χ2n) is 4.88. The lowest BCUT2D eigenvalue weighted by molar-refractivity contribution is 0.411. The van der Waals surface area contributed by atoms with Gasteiger partial charge in [-0.1, -0.05) is 24.9 Å². The number of nitrogens with zero attached hydrogens (tertiary/aromatic N) is 2. The second kappa shape index (κ2) is 6.23. The lowest BCUT2D eigenvalue weighted by atomic mass is 9.97. The first-order valence-corrected chi connectivity index (χ1v) is 7.11. The fraction of sp³-hybridized carbons (Fsp3) is 0.375. The van der Waals surface area contributed by atoms with Gasteiger partial charge in [-0.15, -0.1) is 0 Å². The summed E-state index contributed by atoms with van der Waals surface area (Å²) in [5, 5.41) is 0.546. The molecule has 0 atom stereocenters. The standard InChI is InChI=1S/C16H19ClN2O/c1-5-6-12-15(18-9-19-16(12)17)13-7-11(3)14(20-4)8-10(13)2/h7-9H,5-6H2,1-4H3. The number of aryl methyl sites for hydroxylation is 2. The number of rotatable bonds is 4. The van der Waals surface area contributed by atoms with Gasteiger partial charge in [0.25, 0.3) is 0 Å². The van der Waals surface area contributed by atoms with Crippen LogP contribution in [-0.2, 0) is 6.42 Å². The molecule has 0 aliphatic rings. The molecule has 1 aromatic carbocycles. The number of hydrogen-bond donors (Lipinski definition) is 0. The first-order chi connectivity index (χ1) is 9.58. The molecule has 0 aliphatic carbocycles. The number of methoxy groups -OCH3 is 1. The molecule has 0 fully saturated rings. The Labute approximate surface area is 125 Å². The highest BCUT2D eigenvalue weighted by Gasteiger charge is 2.14. The van der Waals surface area contributed by atoms with Crippen LogP contribution in [0.1, 0.15) is 30.0 Å². The molecule has 0 aliphatic heterocycles. The summed E-state index contributed by atoms with van der Waals surface area (Å²) >= 11 is 6.23. The van der Waals surface area contributed by atoms with Crippen LogP contribution in [0.3, 0.4) is 0 Å². The lowest BCUT2D eigenvalue weighted by Crippen LogP contribution is -1.99. The largest absolute Gasteiger partial charge is 0.496 e. The van der Waals surface area contributed by atoms with Crippen LogP contribution in [0.2, 0.25) is 5.15 Å². The third-order valence-corrected chi connectivity index (χ3v) is 3.72. The fourth-order valence-corrected chi connectivity index (χ4v) is 2.59. The van der Waals surface area contributed by atoms with Gasteiger partial charge < -0.3 is 4.74 Å². The normalized spacial score (nSPS) is 10.7. The number of aromatic nitrogens is 2. The molecule has 0 unspecified atom stereocenters. The summed E-state index contributed by atoms with van der Waals surface area (Å²) in [6.07, 6.45) is 3.41. The van der Waals surface area contributed by atoms with Crippen molar-refractivity contribution in [1.82, 2.24) is 9.97 Å². The van der Waals surface area contributed by atoms with E-state index in [0.29, 0.717) is 5.15 Å². The van der Waals surface area contributed by atoms with E-state index in [1.807, 2.05) is 13.0 Å². The zero-order chi connectivity index (χ0) is 14.7. The molecule has 0 saturated carbocycles. The van der Waals surface area contributed by atoms with Crippen LogP contribution >= 0.6 is 11.6 Å². The van der Waals surface area contributed by atoms with Gasteiger partial charge in [-0.25, -0.2) is 9.97 Å². The van der Waals surface area contributed by atoms with E-state index < -0.39 is 0 Å². The van der Waals surface area contributed by atoms with Crippen LogP contribution in [0.15, 0.2) is 18.5 Å². The van der Waals surface area contributed by atoms with Gasteiger partial charge in [-0.2, -0.15) is 0 Å². The maximum atomic E-state index is 6.23. The summed E-state index contributed by atoms with van der Waals surface area (Å²) < 4.78 is 5.36. The average molecular weight is 291 g/mol. The molecule has 4 heteroatoms. The maximum Gasteiger partial charge on any atom is 0.136 e. The SMILES string of the molecule is CCCc1c(Cl)ncnc1-c1cc(C)c(OC)cc1C. The van der Waals surface area contributed by atoms with Gasteiger partial charge >= 0.3 is 0 Å². The van der Waals surface area contributed by atoms with E-state index >= 15 is 0 Å². The van der Waals surface area contributed by atoms with E-state index in [1.165, 1.54) is 6.33 Å². The predicted molar refractivity (Wildman–Crippen MR) is 82.5 cm³/mol. The molecule has 0 radical (unpaired) electrons. The lowest BCUT2D eigenvalue weighted by Gasteiger charge is -2.14. The molecule has 0 amide bonds. The Balaban J connectivity index is 2.62. The zero-order valence-electron chi connectivity index (χ0n) is 12.3. The van der Waals surface area contributed by atoms with Gasteiger partial charge in [0.15, 0.2) is 0 Å². The molecular weight excluding hydrogens is 272 g/mol. The van der Waals surface area contributed by atoms with E-state index in [1.54, 1.807) is 7.11 Å². The molecule has 1 heterocycles. The Morgan fingerprint density at radius 1 is 1.15 bits per heavy atom. The Hall–Kier alpha value is -1.61. The summed E-state index contributed by atoms with van der Waals surface area (Å²) in [5.41, 5.74) is 5.25. The van der Waals surface area contributed by atoms with Crippen LogP contribution < -0.4 is 4.74 Å². The van der Waals surface area contributed by atoms with Gasteiger partial charge in [0.1, 0.15) is 17.2 Å². The third-order valence-electron chi connectivity index (χ3n) is 3.39. The minimum absolute atomic E-state index is 0.546. The third kappa shape index (κ3) is 2.78. The predicted octanol–water partition coefficient (Wildman–Crippen LogP) is 4.37. The first kappa shape index (κ1) is 14.8. The molecule has 0 saturated heterocycles. The molecule has 106 valence electrons. The van der Waals surface area contributed by atoms with Crippen molar-refractivity contribution >= 4 is 11.6 Å². The number of halogens is 1. The van der Waals surface area contributed by atoms with Crippen molar-refractivity contribution in [3.05, 3.63) is 40.3 Å². The molecular formula is C16H19ClN2O. The summed E-state index contributed by atoms with van der Waals surface area (Å²) in [7, 11) is 1.69. The molecule has 1 aromatic heterocycles. The molecule has 0 bridgehead atoms. The highest BCUT2D eigenvalue weighted by molar-refractivity contribution is 6.30. The highest BCUT2D eigenvalue weighted by Crippen LogP contribution is 2.33. The van der Waals surface area contributed by atoms with Crippen molar-refractivity contribution in [2.45, 2.75) is 33.6 Å². The summed E-state index contributed by atoms with van der Waals surface area (Å²) in [4.78, 5) is 8.55. The van der Waals surface area contributed by atoms with Gasteiger partial charge in [0.05, 0.1) is 12.8 Å². The van der Waals surface area contributed by atoms with Crippen molar-refractivity contribution in [2.75, 3.05) is 7.11 Å². The topological polar surface area (TPSA) is 35.0 Å². The monoisotopic (exact) mass is 290 g/mol. The Morgan fingerprint density at radius 2 is 1.90 bits per heavy atom. The number of ether oxygens (including phenoxy) is 1. The minimum Gasteiger partial charge on any atom is -0.496 e. The summed E-state index contributed by atoms with van der Waals surface area (Å²) in [6, 6.07) is 4.14. The number of hydrogen-bond acceptors (Lipinski definition) is 3. The summed E-state index contributed by atoms with van der Waals surface area (Å²) in [6.45, 7) is 6.21. The van der Waals surface area contributed by atoms with Gasteiger partial charge in [0, 0.05) is 11.1 Å². The van der Waals surface area contributed by atoms with Crippen LogP contribution in [0, 0.1) is 13.8 Å². The highest BCUT2D eigenvalue weighted by atomic mass is 35.5. The van der Waals surface area contributed by atoms with Gasteiger partial charge in [-0.3, -0.25) is 0 Å². The van der Waals surface area contributed by atoms with E-state index in [-0.39, 0.29) is 0 Å². The van der Waals surface area contributed by atoms with Crippen molar-refractivity contribution in [3.63, 3.8) is 0 Å². The van der Waals surface area contributed by atoms with Crippen LogP contribution in [-0.4, -0.2) is 17.1 Å². The van der Waals surface area contributed by atoms with Crippen molar-refractivity contribution in [1.29, 1.82) is 0 Å². The quantitative estimate of drug-likeness (QED) is 0.784. The van der Waals surface area contributed by atoms with Crippen molar-refractivity contribution in [2.24, 2.45) is 0 Å². The summed E-state index contributed by atoms with van der Waals surface area (Å²) in [5.74, 6) is 0.892. The average Bonchev–Trinajstić information content (AvgIpc) is 2.43. The van der Waals surface area contributed by atoms with Crippen molar-refractivity contribution in [3.8, 4) is 17.0 Å². The van der Waals surface area contributed by atoms with Crippen LogP contribution in [0.5, 0.6) is 5.75 Å². The molecule has 20 heavy (non-hydrogen) atoms. The van der Waals surface area contributed by atoms with Crippen molar-refractivity contribution < 1.29 is 4.74 Å². The smallest absolute Gasteiger partial charge is 0.136 e. The van der Waals surface area contributed by atoms with E-state index in [9.17, 15) is 0 Å². The molecule has 2 rings (SSSR count). The molecule has 0 N–H and O–H groups in total. The van der Waals surface area contributed by atoms with E-state index in [4.69, 9.17) is 16.3 Å². The van der Waals surface area contributed by atoms with Crippen LogP contribution in [0.4, 0.5) is 0 Å².